The molecule has 1 aliphatic heterocycles. The van der Waals surface area contributed by atoms with E-state index in [1.54, 1.807) is 28.2 Å². The lowest BCUT2D eigenvalue weighted by molar-refractivity contribution is 0.346. The van der Waals surface area contributed by atoms with Crippen LogP contribution in [0.2, 0.25) is 0 Å². The monoisotopic (exact) mass is 480 g/mol. The predicted octanol–water partition coefficient (Wildman–Crippen LogP) is 4.19. The van der Waals surface area contributed by atoms with Crippen LogP contribution < -0.4 is 5.32 Å². The van der Waals surface area contributed by atoms with Gasteiger partial charge in [-0.1, -0.05) is 29.5 Å². The summed E-state index contributed by atoms with van der Waals surface area (Å²) in [7, 11) is -3.47. The smallest absolute Gasteiger partial charge is 0.243 e. The van der Waals surface area contributed by atoms with E-state index in [1.165, 1.54) is 11.3 Å². The first kappa shape index (κ1) is 22.5. The Bertz CT molecular complexity index is 1150. The topological polar surface area (TPSA) is 93.0 Å². The molecule has 1 aromatic carbocycles. The number of aromatic nitrogens is 4. The fourth-order valence-corrected chi connectivity index (χ4v) is 7.12. The van der Waals surface area contributed by atoms with Crippen LogP contribution in [0.15, 0.2) is 27.4 Å². The summed E-state index contributed by atoms with van der Waals surface area (Å²) >= 11 is 3.12. The van der Waals surface area contributed by atoms with E-state index in [-0.39, 0.29) is 0 Å². The van der Waals surface area contributed by atoms with Crippen molar-refractivity contribution in [2.75, 3.05) is 18.4 Å². The number of aryl methyl sites for hydroxylation is 1. The van der Waals surface area contributed by atoms with E-state index in [2.05, 4.69) is 40.9 Å². The summed E-state index contributed by atoms with van der Waals surface area (Å²) in [6.07, 6.45) is 2.94. The minimum absolute atomic E-state index is 0.311. The zero-order chi connectivity index (χ0) is 22.0. The number of thioether (sulfide) groups is 1. The second-order valence-electron chi connectivity index (χ2n) is 7.85. The average molecular weight is 481 g/mol. The molecule has 0 unspecified atom stereocenters. The van der Waals surface area contributed by atoms with Gasteiger partial charge >= 0.3 is 0 Å². The Kier molecular flexibility index (Phi) is 6.85. The fraction of sp³-hybridized carbons (Fsp3) is 0.550. The maximum absolute atomic E-state index is 13.0. The zero-order valence-electron chi connectivity index (χ0n) is 18.0. The molecule has 168 valence electrons. The molecule has 1 N–H and O–H groups in total. The van der Waals surface area contributed by atoms with Gasteiger partial charge in [-0.3, -0.25) is 0 Å². The fourth-order valence-electron chi connectivity index (χ4n) is 3.74. The van der Waals surface area contributed by atoms with Crippen molar-refractivity contribution in [2.45, 2.75) is 67.6 Å². The molecule has 0 atom stereocenters. The zero-order valence-corrected chi connectivity index (χ0v) is 20.5. The van der Waals surface area contributed by atoms with E-state index in [4.69, 9.17) is 4.98 Å². The minimum atomic E-state index is -3.47. The Morgan fingerprint density at radius 2 is 1.97 bits per heavy atom. The summed E-state index contributed by atoms with van der Waals surface area (Å²) in [5, 5.41) is 12.5. The number of hydrogen-bond donors (Lipinski definition) is 1. The number of imidazole rings is 1. The maximum atomic E-state index is 13.0. The van der Waals surface area contributed by atoms with Crippen LogP contribution >= 0.6 is 23.1 Å². The lowest BCUT2D eigenvalue weighted by Gasteiger charge is -2.25. The van der Waals surface area contributed by atoms with Crippen LogP contribution in [0.3, 0.4) is 0 Å². The summed E-state index contributed by atoms with van der Waals surface area (Å²) in [5.41, 5.74) is 1.67. The summed E-state index contributed by atoms with van der Waals surface area (Å²) < 4.78 is 30.7. The van der Waals surface area contributed by atoms with Gasteiger partial charge in [-0.25, -0.2) is 13.4 Å². The third-order valence-electron chi connectivity index (χ3n) is 5.21. The van der Waals surface area contributed by atoms with Crippen LogP contribution in [0.1, 0.15) is 45.9 Å². The van der Waals surface area contributed by atoms with Gasteiger partial charge in [-0.15, -0.1) is 10.2 Å². The second-order valence-corrected chi connectivity index (χ2v) is 12.0. The summed E-state index contributed by atoms with van der Waals surface area (Å²) in [5.74, 6) is 1.55. The van der Waals surface area contributed by atoms with Gasteiger partial charge in [0, 0.05) is 25.7 Å². The van der Waals surface area contributed by atoms with Crippen molar-refractivity contribution < 1.29 is 8.42 Å². The van der Waals surface area contributed by atoms with Gasteiger partial charge in [-0.2, -0.15) is 4.31 Å². The first-order valence-corrected chi connectivity index (χ1v) is 13.8. The summed E-state index contributed by atoms with van der Waals surface area (Å²) in [4.78, 5) is 5.10. The number of nitrogens with zero attached hydrogens (tertiary/aromatic N) is 5. The normalized spacial score (nSPS) is 15.7. The quantitative estimate of drug-likeness (QED) is 0.483. The molecule has 0 amide bonds. The van der Waals surface area contributed by atoms with Crippen molar-refractivity contribution in [1.29, 1.82) is 0 Å². The number of piperidine rings is 1. The molecule has 1 aliphatic rings. The van der Waals surface area contributed by atoms with Crippen LogP contribution in [0.25, 0.3) is 11.0 Å². The van der Waals surface area contributed by atoms with Crippen LogP contribution in [0.5, 0.6) is 0 Å². The van der Waals surface area contributed by atoms with Gasteiger partial charge in [0.15, 0.2) is 4.34 Å². The standard InChI is InChI=1S/C20H28N6O2S3/c1-4-26-17-9-8-15(31(27,28)25-10-6-5-7-11-25)12-16(17)22-18(26)13-29-20-24-23-19(30-20)21-14(2)3/h8-9,12,14H,4-7,10-11,13H2,1-3H3,(H,21,23). The third kappa shape index (κ3) is 4.89. The molecule has 1 fully saturated rings. The van der Waals surface area contributed by atoms with Crippen LogP contribution in [-0.4, -0.2) is 51.6 Å². The Labute approximate surface area is 191 Å². The Hall–Kier alpha value is -1.69. The Balaban J connectivity index is 1.56. The number of rotatable bonds is 8. The lowest BCUT2D eigenvalue weighted by atomic mass is 10.2. The SMILES string of the molecule is CCn1c(CSc2nnc(NC(C)C)s2)nc2cc(S(=O)(=O)N3CCCCC3)ccc21. The van der Waals surface area contributed by atoms with Crippen molar-refractivity contribution >= 4 is 49.3 Å². The Morgan fingerprint density at radius 1 is 1.19 bits per heavy atom. The van der Waals surface area contributed by atoms with E-state index in [9.17, 15) is 8.42 Å². The first-order valence-electron chi connectivity index (χ1n) is 10.6. The van der Waals surface area contributed by atoms with Crippen molar-refractivity contribution in [3.8, 4) is 0 Å². The molecule has 11 heteroatoms. The number of benzene rings is 1. The number of fused-ring (bicyclic) bond motifs is 1. The number of hydrogen-bond acceptors (Lipinski definition) is 8. The van der Waals surface area contributed by atoms with Gasteiger partial charge in [-0.05, 0) is 51.8 Å². The molecule has 8 nitrogen and oxygen atoms in total. The van der Waals surface area contributed by atoms with Crippen LogP contribution in [0, 0.1) is 0 Å². The van der Waals surface area contributed by atoms with Crippen molar-refractivity contribution in [2.24, 2.45) is 0 Å². The number of anilines is 1. The molecule has 0 spiro atoms. The van der Waals surface area contributed by atoms with Gasteiger partial charge in [0.05, 0.1) is 21.7 Å². The highest BCUT2D eigenvalue weighted by Gasteiger charge is 2.26. The van der Waals surface area contributed by atoms with Crippen molar-refractivity contribution in [3.63, 3.8) is 0 Å². The van der Waals surface area contributed by atoms with E-state index < -0.39 is 10.0 Å². The van der Waals surface area contributed by atoms with E-state index in [0.717, 1.165) is 52.1 Å². The molecule has 0 aliphatic carbocycles. The van der Waals surface area contributed by atoms with E-state index in [0.29, 0.717) is 29.8 Å². The molecule has 4 rings (SSSR count). The van der Waals surface area contributed by atoms with Gasteiger partial charge in [0.25, 0.3) is 0 Å². The van der Waals surface area contributed by atoms with Gasteiger partial charge in [0.2, 0.25) is 15.2 Å². The molecular formula is C20H28N6O2S3. The number of nitrogens with one attached hydrogen (secondary N) is 1. The van der Waals surface area contributed by atoms with Crippen molar-refractivity contribution in [3.05, 3.63) is 24.0 Å². The largest absolute Gasteiger partial charge is 0.358 e. The van der Waals surface area contributed by atoms with Crippen LogP contribution in [0.4, 0.5) is 5.13 Å². The predicted molar refractivity (Wildman–Crippen MR) is 126 cm³/mol. The average Bonchev–Trinajstić information content (AvgIpc) is 3.35. The molecule has 0 radical (unpaired) electrons. The lowest BCUT2D eigenvalue weighted by Crippen LogP contribution is -2.35. The summed E-state index contributed by atoms with van der Waals surface area (Å²) in [6.45, 7) is 8.17. The van der Waals surface area contributed by atoms with E-state index >= 15 is 0 Å². The molecule has 0 saturated carbocycles. The van der Waals surface area contributed by atoms with E-state index in [1.807, 2.05) is 6.07 Å². The molecule has 31 heavy (non-hydrogen) atoms. The highest BCUT2D eigenvalue weighted by Crippen LogP contribution is 2.30. The molecule has 2 aromatic heterocycles. The van der Waals surface area contributed by atoms with Crippen LogP contribution in [-0.2, 0) is 22.3 Å². The second kappa shape index (κ2) is 9.43. The first-order chi connectivity index (χ1) is 14.9. The molecule has 3 heterocycles. The molecular weight excluding hydrogens is 452 g/mol. The highest BCUT2D eigenvalue weighted by atomic mass is 32.2. The Morgan fingerprint density at radius 3 is 2.68 bits per heavy atom. The third-order valence-corrected chi connectivity index (χ3v) is 9.09. The molecule has 3 aromatic rings. The van der Waals surface area contributed by atoms with Crippen molar-refractivity contribution in [1.82, 2.24) is 24.1 Å². The highest BCUT2D eigenvalue weighted by molar-refractivity contribution is 8.00. The van der Waals surface area contributed by atoms with Gasteiger partial charge < -0.3 is 9.88 Å². The summed E-state index contributed by atoms with van der Waals surface area (Å²) in [6, 6.07) is 5.62. The van der Waals surface area contributed by atoms with Gasteiger partial charge in [0.1, 0.15) is 5.82 Å². The molecule has 0 bridgehead atoms. The molecule has 1 saturated heterocycles. The minimum Gasteiger partial charge on any atom is -0.358 e. The number of sulfonamides is 1. The maximum Gasteiger partial charge on any atom is 0.243 e.